The number of carboxylic acids is 1. The Balaban J connectivity index is 1.85. The summed E-state index contributed by atoms with van der Waals surface area (Å²) in [6, 6.07) is 7.12. The van der Waals surface area contributed by atoms with Crippen molar-refractivity contribution < 1.29 is 19.4 Å². The van der Waals surface area contributed by atoms with Gasteiger partial charge in [-0.2, -0.15) is 0 Å². The van der Waals surface area contributed by atoms with Gasteiger partial charge >= 0.3 is 5.97 Å². The summed E-state index contributed by atoms with van der Waals surface area (Å²) in [5, 5.41) is 12.0. The highest BCUT2D eigenvalue weighted by Gasteiger charge is 2.20. The molecule has 0 saturated carbocycles. The van der Waals surface area contributed by atoms with Crippen LogP contribution in [-0.2, 0) is 14.3 Å². The second kappa shape index (κ2) is 9.42. The minimum atomic E-state index is -0.911. The van der Waals surface area contributed by atoms with Crippen molar-refractivity contribution in [2.45, 2.75) is 51.5 Å². The molecule has 0 radical (unpaired) electrons. The van der Waals surface area contributed by atoms with E-state index in [1.54, 1.807) is 0 Å². The number of ether oxygens (including phenoxy) is 1. The number of carbonyl (C=O) groups is 2. The number of carbonyl (C=O) groups excluding carboxylic acids is 1. The number of benzene rings is 1. The molecule has 5 nitrogen and oxygen atoms in total. The number of nitrogens with one attached hydrogen (secondary N) is 1. The lowest BCUT2D eigenvalue weighted by molar-refractivity contribution is -0.137. The van der Waals surface area contributed by atoms with Crippen molar-refractivity contribution in [3.63, 3.8) is 0 Å². The second-order valence-corrected chi connectivity index (χ2v) is 6.52. The van der Waals surface area contributed by atoms with Crippen molar-refractivity contribution in [2.75, 3.05) is 13.2 Å². The number of hydrogen-bond acceptors (Lipinski definition) is 3. The molecular formula is C19H27NO4. The predicted molar refractivity (Wildman–Crippen MR) is 91.7 cm³/mol. The first-order valence-corrected chi connectivity index (χ1v) is 8.70. The zero-order valence-electron chi connectivity index (χ0n) is 14.3. The molecule has 24 heavy (non-hydrogen) atoms. The summed E-state index contributed by atoms with van der Waals surface area (Å²) in [6.07, 6.45) is 4.36. The number of hydrogen-bond donors (Lipinski definition) is 2. The first-order valence-electron chi connectivity index (χ1n) is 8.70. The minimum absolute atomic E-state index is 0.0726. The van der Waals surface area contributed by atoms with Crippen LogP contribution in [0.2, 0.25) is 0 Å². The highest BCUT2D eigenvalue weighted by molar-refractivity contribution is 5.77. The molecule has 1 aliphatic rings. The first-order chi connectivity index (χ1) is 11.6. The van der Waals surface area contributed by atoms with Gasteiger partial charge in [-0.1, -0.05) is 24.3 Å². The number of aliphatic carboxylic acids is 1. The number of amides is 1. The van der Waals surface area contributed by atoms with E-state index in [0.717, 1.165) is 50.0 Å². The Morgan fingerprint density at radius 1 is 1.29 bits per heavy atom. The highest BCUT2D eigenvalue weighted by Crippen LogP contribution is 2.23. The number of rotatable bonds is 8. The van der Waals surface area contributed by atoms with Crippen molar-refractivity contribution >= 4 is 11.9 Å². The van der Waals surface area contributed by atoms with Crippen molar-refractivity contribution in [1.82, 2.24) is 5.32 Å². The molecule has 1 heterocycles. The normalized spacial score (nSPS) is 16.5. The topological polar surface area (TPSA) is 75.6 Å². The van der Waals surface area contributed by atoms with Crippen molar-refractivity contribution in [3.8, 4) is 0 Å². The van der Waals surface area contributed by atoms with Crippen LogP contribution >= 0.6 is 0 Å². The smallest absolute Gasteiger partial charge is 0.305 e. The van der Waals surface area contributed by atoms with Gasteiger partial charge in [-0.05, 0) is 49.7 Å². The van der Waals surface area contributed by atoms with Crippen molar-refractivity contribution in [3.05, 3.63) is 35.4 Å². The molecule has 1 atom stereocenters. The van der Waals surface area contributed by atoms with Crippen LogP contribution in [0, 0.1) is 12.8 Å². The SMILES string of the molecule is Cc1ccccc1C(CC(=O)O)NC(=O)CCCC1CCOCC1. The van der Waals surface area contributed by atoms with Crippen LogP contribution in [0.1, 0.15) is 55.7 Å². The molecule has 1 fully saturated rings. The molecule has 5 heteroatoms. The molecule has 0 aliphatic carbocycles. The van der Waals surface area contributed by atoms with E-state index in [-0.39, 0.29) is 12.3 Å². The molecule has 2 N–H and O–H groups in total. The molecule has 1 amide bonds. The van der Waals surface area contributed by atoms with E-state index in [0.29, 0.717) is 12.3 Å². The van der Waals surface area contributed by atoms with Crippen LogP contribution in [0.4, 0.5) is 0 Å². The maximum atomic E-state index is 12.2. The van der Waals surface area contributed by atoms with E-state index in [2.05, 4.69) is 5.32 Å². The predicted octanol–water partition coefficient (Wildman–Crippen LogP) is 3.22. The fraction of sp³-hybridized carbons (Fsp3) is 0.579. The summed E-state index contributed by atoms with van der Waals surface area (Å²) in [4.78, 5) is 23.4. The van der Waals surface area contributed by atoms with Gasteiger partial charge in [-0.3, -0.25) is 9.59 Å². The van der Waals surface area contributed by atoms with Gasteiger partial charge in [0.05, 0.1) is 12.5 Å². The largest absolute Gasteiger partial charge is 0.481 e. The van der Waals surface area contributed by atoms with Gasteiger partial charge in [-0.15, -0.1) is 0 Å². The second-order valence-electron chi connectivity index (χ2n) is 6.52. The zero-order valence-corrected chi connectivity index (χ0v) is 14.3. The van der Waals surface area contributed by atoms with E-state index < -0.39 is 12.0 Å². The molecule has 1 unspecified atom stereocenters. The Morgan fingerprint density at radius 2 is 2.00 bits per heavy atom. The Labute approximate surface area is 143 Å². The van der Waals surface area contributed by atoms with E-state index in [1.165, 1.54) is 0 Å². The molecular weight excluding hydrogens is 306 g/mol. The molecule has 0 spiro atoms. The van der Waals surface area contributed by atoms with Crippen LogP contribution in [-0.4, -0.2) is 30.2 Å². The molecule has 2 rings (SSSR count). The summed E-state index contributed by atoms with van der Waals surface area (Å²) >= 11 is 0. The van der Waals surface area contributed by atoms with Gasteiger partial charge in [-0.25, -0.2) is 0 Å². The Hall–Kier alpha value is -1.88. The monoisotopic (exact) mass is 333 g/mol. The Bertz CT molecular complexity index is 552. The van der Waals surface area contributed by atoms with Gasteiger partial charge in [0.25, 0.3) is 0 Å². The van der Waals surface area contributed by atoms with Crippen LogP contribution in [0.15, 0.2) is 24.3 Å². The first kappa shape index (κ1) is 18.5. The Kier molecular flexibility index (Phi) is 7.25. The van der Waals surface area contributed by atoms with Gasteiger partial charge in [0, 0.05) is 19.6 Å². The molecule has 0 bridgehead atoms. The summed E-state index contributed by atoms with van der Waals surface area (Å²) in [6.45, 7) is 3.58. The average Bonchev–Trinajstić information content (AvgIpc) is 2.55. The van der Waals surface area contributed by atoms with E-state index >= 15 is 0 Å². The third-order valence-electron chi connectivity index (χ3n) is 4.63. The molecule has 1 aliphatic heterocycles. The fourth-order valence-electron chi connectivity index (χ4n) is 3.24. The van der Waals surface area contributed by atoms with Crippen LogP contribution in [0.5, 0.6) is 0 Å². The highest BCUT2D eigenvalue weighted by atomic mass is 16.5. The zero-order chi connectivity index (χ0) is 17.4. The minimum Gasteiger partial charge on any atom is -0.481 e. The lowest BCUT2D eigenvalue weighted by atomic mass is 9.94. The van der Waals surface area contributed by atoms with Crippen molar-refractivity contribution in [2.24, 2.45) is 5.92 Å². The molecule has 0 aromatic heterocycles. The van der Waals surface area contributed by atoms with Crippen molar-refractivity contribution in [1.29, 1.82) is 0 Å². The lowest BCUT2D eigenvalue weighted by Gasteiger charge is -2.22. The van der Waals surface area contributed by atoms with E-state index in [1.807, 2.05) is 31.2 Å². The Morgan fingerprint density at radius 3 is 2.67 bits per heavy atom. The standard InChI is InChI=1S/C19H27NO4/c1-14-5-2-3-7-16(14)17(13-19(22)23)20-18(21)8-4-6-15-9-11-24-12-10-15/h2-3,5,7,15,17H,4,6,8-13H2,1H3,(H,20,21)(H,22,23). The quantitative estimate of drug-likeness (QED) is 0.766. The fourth-order valence-corrected chi connectivity index (χ4v) is 3.24. The molecule has 1 aromatic carbocycles. The average molecular weight is 333 g/mol. The van der Waals surface area contributed by atoms with Crippen LogP contribution in [0.25, 0.3) is 0 Å². The maximum Gasteiger partial charge on any atom is 0.305 e. The van der Waals surface area contributed by atoms with E-state index in [4.69, 9.17) is 9.84 Å². The number of aryl methyl sites for hydroxylation is 1. The summed E-state index contributed by atoms with van der Waals surface area (Å²) in [5.74, 6) is -0.333. The molecule has 1 saturated heterocycles. The van der Waals surface area contributed by atoms with Gasteiger partial charge in [0.1, 0.15) is 0 Å². The lowest BCUT2D eigenvalue weighted by Crippen LogP contribution is -2.30. The third-order valence-corrected chi connectivity index (χ3v) is 4.63. The molecule has 1 aromatic rings. The van der Waals surface area contributed by atoms with Crippen LogP contribution < -0.4 is 5.32 Å². The van der Waals surface area contributed by atoms with Gasteiger partial charge in [0.15, 0.2) is 0 Å². The summed E-state index contributed by atoms with van der Waals surface area (Å²) < 4.78 is 5.34. The number of carboxylic acid groups (broad SMARTS) is 1. The summed E-state index contributed by atoms with van der Waals surface area (Å²) in [7, 11) is 0. The van der Waals surface area contributed by atoms with Gasteiger partial charge in [0.2, 0.25) is 5.91 Å². The maximum absolute atomic E-state index is 12.2. The van der Waals surface area contributed by atoms with Crippen LogP contribution in [0.3, 0.4) is 0 Å². The summed E-state index contributed by atoms with van der Waals surface area (Å²) in [5.41, 5.74) is 1.86. The molecule has 132 valence electrons. The third kappa shape index (κ3) is 5.96. The van der Waals surface area contributed by atoms with Gasteiger partial charge < -0.3 is 15.2 Å². The van der Waals surface area contributed by atoms with E-state index in [9.17, 15) is 9.59 Å².